The summed E-state index contributed by atoms with van der Waals surface area (Å²) < 4.78 is 1.65. The van der Waals surface area contributed by atoms with Gasteiger partial charge in [0, 0.05) is 17.1 Å². The molecule has 29 heavy (non-hydrogen) atoms. The predicted octanol–water partition coefficient (Wildman–Crippen LogP) is 4.83. The number of carbonyl (C=O) groups excluding carboxylic acids is 1. The van der Waals surface area contributed by atoms with Crippen molar-refractivity contribution in [2.24, 2.45) is 0 Å². The van der Waals surface area contributed by atoms with Gasteiger partial charge in [-0.1, -0.05) is 78.3 Å². The lowest BCUT2D eigenvalue weighted by molar-refractivity contribution is 0.0940. The number of aryl methyl sites for hydroxylation is 1. The molecule has 1 aromatic heterocycles. The number of benzene rings is 3. The number of hydrogen-bond donors (Lipinski definition) is 1. The minimum Gasteiger partial charge on any atom is -0.345 e. The maximum atomic E-state index is 12.7. The minimum atomic E-state index is -0.331. The van der Waals surface area contributed by atoms with Crippen LogP contribution < -0.4 is 5.32 Å². The molecule has 4 rings (SSSR count). The summed E-state index contributed by atoms with van der Waals surface area (Å²) in [6.45, 7) is 2.35. The number of hydrogen-bond acceptors (Lipinski definition) is 3. The van der Waals surface area contributed by atoms with Crippen LogP contribution in [0.4, 0.5) is 0 Å². The zero-order valence-electron chi connectivity index (χ0n) is 15.8. The third kappa shape index (κ3) is 4.20. The van der Waals surface area contributed by atoms with Crippen molar-refractivity contribution in [2.45, 2.75) is 13.5 Å². The SMILES string of the molecule is Cc1ccc(-n2nc(C(=O)NCc3ccccc3)nc2-c2ccccc2)cc1Cl. The molecule has 0 fully saturated rings. The Balaban J connectivity index is 1.69. The maximum Gasteiger partial charge on any atom is 0.291 e. The minimum absolute atomic E-state index is 0.108. The van der Waals surface area contributed by atoms with Crippen LogP contribution in [-0.2, 0) is 6.54 Å². The zero-order valence-corrected chi connectivity index (χ0v) is 16.6. The average Bonchev–Trinajstić information content (AvgIpc) is 3.21. The summed E-state index contributed by atoms with van der Waals surface area (Å²) in [5.41, 5.74) is 3.58. The standard InChI is InChI=1S/C23H19ClN4O/c1-16-12-13-19(14-20(16)24)28-22(18-10-6-3-7-11-18)26-21(27-28)23(29)25-15-17-8-4-2-5-9-17/h2-14H,15H2,1H3,(H,25,29). The highest BCUT2D eigenvalue weighted by Gasteiger charge is 2.19. The highest BCUT2D eigenvalue weighted by Crippen LogP contribution is 2.24. The molecular weight excluding hydrogens is 384 g/mol. The predicted molar refractivity (Wildman–Crippen MR) is 114 cm³/mol. The highest BCUT2D eigenvalue weighted by atomic mass is 35.5. The number of nitrogens with zero attached hydrogens (tertiary/aromatic N) is 3. The molecule has 6 heteroatoms. The van der Waals surface area contributed by atoms with E-state index in [0.29, 0.717) is 17.4 Å². The molecule has 0 saturated carbocycles. The summed E-state index contributed by atoms with van der Waals surface area (Å²) in [4.78, 5) is 17.2. The second-order valence-electron chi connectivity index (χ2n) is 6.64. The van der Waals surface area contributed by atoms with E-state index in [2.05, 4.69) is 15.4 Å². The van der Waals surface area contributed by atoms with Crippen LogP contribution in [0.2, 0.25) is 5.02 Å². The fourth-order valence-corrected chi connectivity index (χ4v) is 3.11. The maximum absolute atomic E-state index is 12.7. The van der Waals surface area contributed by atoms with Crippen LogP contribution >= 0.6 is 11.6 Å². The summed E-state index contributed by atoms with van der Waals surface area (Å²) in [7, 11) is 0. The van der Waals surface area contributed by atoms with E-state index >= 15 is 0 Å². The number of nitrogens with one attached hydrogen (secondary N) is 1. The largest absolute Gasteiger partial charge is 0.345 e. The number of halogens is 1. The second kappa shape index (κ2) is 8.29. The molecule has 0 unspecified atom stereocenters. The number of carbonyl (C=O) groups is 1. The normalized spacial score (nSPS) is 10.7. The van der Waals surface area contributed by atoms with Crippen LogP contribution in [0.3, 0.4) is 0 Å². The van der Waals surface area contributed by atoms with Gasteiger partial charge in [0.25, 0.3) is 5.91 Å². The van der Waals surface area contributed by atoms with Crippen LogP contribution in [0.1, 0.15) is 21.7 Å². The van der Waals surface area contributed by atoms with Gasteiger partial charge < -0.3 is 5.32 Å². The molecule has 1 heterocycles. The number of aromatic nitrogens is 3. The van der Waals surface area contributed by atoms with E-state index in [0.717, 1.165) is 22.4 Å². The Morgan fingerprint density at radius 1 is 1.00 bits per heavy atom. The van der Waals surface area contributed by atoms with Crippen LogP contribution in [-0.4, -0.2) is 20.7 Å². The van der Waals surface area contributed by atoms with Crippen LogP contribution in [0.15, 0.2) is 78.9 Å². The molecule has 0 bridgehead atoms. The third-order valence-corrected chi connectivity index (χ3v) is 4.95. The van der Waals surface area contributed by atoms with Crippen molar-refractivity contribution in [3.8, 4) is 17.1 Å². The zero-order chi connectivity index (χ0) is 20.2. The van der Waals surface area contributed by atoms with Gasteiger partial charge in [-0.15, -0.1) is 5.10 Å². The van der Waals surface area contributed by atoms with E-state index in [4.69, 9.17) is 11.6 Å². The molecule has 5 nitrogen and oxygen atoms in total. The molecule has 0 aliphatic heterocycles. The van der Waals surface area contributed by atoms with E-state index in [-0.39, 0.29) is 11.7 Å². The fraction of sp³-hybridized carbons (Fsp3) is 0.0870. The Hall–Kier alpha value is -3.44. The van der Waals surface area contributed by atoms with Gasteiger partial charge in [-0.2, -0.15) is 0 Å². The molecule has 3 aromatic carbocycles. The Bertz CT molecular complexity index is 1140. The Labute approximate surface area is 174 Å². The fourth-order valence-electron chi connectivity index (χ4n) is 2.93. The van der Waals surface area contributed by atoms with Gasteiger partial charge in [-0.25, -0.2) is 9.67 Å². The molecule has 1 amide bonds. The van der Waals surface area contributed by atoms with E-state index < -0.39 is 0 Å². The van der Waals surface area contributed by atoms with Crippen LogP contribution in [0.25, 0.3) is 17.1 Å². The smallest absolute Gasteiger partial charge is 0.291 e. The van der Waals surface area contributed by atoms with Crippen molar-refractivity contribution in [3.05, 3.63) is 101 Å². The molecule has 144 valence electrons. The third-order valence-electron chi connectivity index (χ3n) is 4.54. The Kier molecular flexibility index (Phi) is 5.40. The first kappa shape index (κ1) is 18.9. The van der Waals surface area contributed by atoms with Crippen molar-refractivity contribution >= 4 is 17.5 Å². The molecular formula is C23H19ClN4O. The first-order chi connectivity index (χ1) is 14.1. The number of amides is 1. The summed E-state index contributed by atoms with van der Waals surface area (Å²) in [6.07, 6.45) is 0. The van der Waals surface area contributed by atoms with Gasteiger partial charge in [0.1, 0.15) is 0 Å². The van der Waals surface area contributed by atoms with Gasteiger partial charge in [-0.3, -0.25) is 4.79 Å². The van der Waals surface area contributed by atoms with Gasteiger partial charge in [0.2, 0.25) is 5.82 Å². The monoisotopic (exact) mass is 402 g/mol. The van der Waals surface area contributed by atoms with Crippen LogP contribution in [0, 0.1) is 6.92 Å². The first-order valence-electron chi connectivity index (χ1n) is 9.23. The van der Waals surface area contributed by atoms with Crippen LogP contribution in [0.5, 0.6) is 0 Å². The van der Waals surface area contributed by atoms with Crippen molar-refractivity contribution in [1.82, 2.24) is 20.1 Å². The van der Waals surface area contributed by atoms with Gasteiger partial charge in [-0.05, 0) is 30.2 Å². The van der Waals surface area contributed by atoms with Gasteiger partial charge in [0.05, 0.1) is 5.69 Å². The van der Waals surface area contributed by atoms with Gasteiger partial charge in [0.15, 0.2) is 5.82 Å². The molecule has 0 spiro atoms. The summed E-state index contributed by atoms with van der Waals surface area (Å²) in [5.74, 6) is 0.356. The van der Waals surface area contributed by atoms with Crippen molar-refractivity contribution in [3.63, 3.8) is 0 Å². The topological polar surface area (TPSA) is 59.8 Å². The van der Waals surface area contributed by atoms with Crippen molar-refractivity contribution in [1.29, 1.82) is 0 Å². The Morgan fingerprint density at radius 2 is 1.69 bits per heavy atom. The molecule has 0 radical (unpaired) electrons. The van der Waals surface area contributed by atoms with E-state index in [9.17, 15) is 4.79 Å². The molecule has 0 aliphatic rings. The second-order valence-corrected chi connectivity index (χ2v) is 7.05. The Morgan fingerprint density at radius 3 is 2.38 bits per heavy atom. The molecule has 0 saturated heterocycles. The van der Waals surface area contributed by atoms with E-state index in [1.54, 1.807) is 4.68 Å². The average molecular weight is 403 g/mol. The van der Waals surface area contributed by atoms with Gasteiger partial charge >= 0.3 is 0 Å². The summed E-state index contributed by atoms with van der Waals surface area (Å²) in [6, 6.07) is 25.0. The van der Waals surface area contributed by atoms with Crippen molar-refractivity contribution in [2.75, 3.05) is 0 Å². The molecule has 1 N–H and O–H groups in total. The van der Waals surface area contributed by atoms with E-state index in [1.165, 1.54) is 0 Å². The highest BCUT2D eigenvalue weighted by molar-refractivity contribution is 6.31. The lowest BCUT2D eigenvalue weighted by Gasteiger charge is -2.07. The first-order valence-corrected chi connectivity index (χ1v) is 9.61. The molecule has 0 aliphatic carbocycles. The lowest BCUT2D eigenvalue weighted by Crippen LogP contribution is -2.24. The van der Waals surface area contributed by atoms with E-state index in [1.807, 2.05) is 85.8 Å². The molecule has 4 aromatic rings. The summed E-state index contributed by atoms with van der Waals surface area (Å²) in [5, 5.41) is 7.98. The molecule has 0 atom stereocenters. The summed E-state index contributed by atoms with van der Waals surface area (Å²) >= 11 is 6.31. The number of rotatable bonds is 5. The quantitative estimate of drug-likeness (QED) is 0.520. The van der Waals surface area contributed by atoms with Crippen molar-refractivity contribution < 1.29 is 4.79 Å². The lowest BCUT2D eigenvalue weighted by atomic mass is 10.2.